The Morgan fingerprint density at radius 2 is 1.91 bits per heavy atom. The summed E-state index contributed by atoms with van der Waals surface area (Å²) in [5.74, 6) is 2.09. The Kier molecular flexibility index (Phi) is 4.60. The van der Waals surface area contributed by atoms with Crippen LogP contribution in [0.2, 0.25) is 0 Å². The van der Waals surface area contributed by atoms with Gasteiger partial charge in [-0.05, 0) is 45.4 Å². The first-order valence-corrected chi connectivity index (χ1v) is 8.58. The summed E-state index contributed by atoms with van der Waals surface area (Å²) < 4.78 is 0. The lowest BCUT2D eigenvalue weighted by Crippen LogP contribution is -2.38. The van der Waals surface area contributed by atoms with Crippen molar-refractivity contribution in [3.8, 4) is 0 Å². The Hall–Kier alpha value is -1.65. The van der Waals surface area contributed by atoms with Crippen LogP contribution in [-0.2, 0) is 17.6 Å². The SMILES string of the molecule is CCCN1CCCN(c2nc(C)nc3c2CCCC3)CC1=O. The van der Waals surface area contributed by atoms with Gasteiger partial charge in [-0.2, -0.15) is 0 Å². The summed E-state index contributed by atoms with van der Waals surface area (Å²) in [5.41, 5.74) is 2.49. The number of anilines is 1. The first kappa shape index (κ1) is 15.3. The van der Waals surface area contributed by atoms with Crippen molar-refractivity contribution in [2.75, 3.05) is 31.1 Å². The third-order valence-corrected chi connectivity index (χ3v) is 4.60. The zero-order valence-electron chi connectivity index (χ0n) is 13.8. The van der Waals surface area contributed by atoms with E-state index in [-0.39, 0.29) is 5.91 Å². The smallest absolute Gasteiger partial charge is 0.242 e. The first-order valence-electron chi connectivity index (χ1n) is 8.58. The van der Waals surface area contributed by atoms with E-state index in [0.29, 0.717) is 6.54 Å². The monoisotopic (exact) mass is 302 g/mol. The van der Waals surface area contributed by atoms with Gasteiger partial charge < -0.3 is 9.80 Å². The lowest BCUT2D eigenvalue weighted by molar-refractivity contribution is -0.129. The molecule has 1 aromatic rings. The molecule has 1 aliphatic carbocycles. The number of hydrogen-bond acceptors (Lipinski definition) is 4. The molecular weight excluding hydrogens is 276 g/mol. The quantitative estimate of drug-likeness (QED) is 0.858. The second-order valence-electron chi connectivity index (χ2n) is 6.38. The van der Waals surface area contributed by atoms with E-state index >= 15 is 0 Å². The highest BCUT2D eigenvalue weighted by molar-refractivity contribution is 5.82. The van der Waals surface area contributed by atoms with E-state index in [1.165, 1.54) is 24.1 Å². The largest absolute Gasteiger partial charge is 0.347 e. The molecule has 0 aromatic carbocycles. The Labute approximate surface area is 132 Å². The van der Waals surface area contributed by atoms with Crippen LogP contribution in [0, 0.1) is 6.92 Å². The van der Waals surface area contributed by atoms with E-state index in [2.05, 4.69) is 16.8 Å². The van der Waals surface area contributed by atoms with Crippen LogP contribution in [-0.4, -0.2) is 47.0 Å². The van der Waals surface area contributed by atoms with Crippen molar-refractivity contribution in [3.05, 3.63) is 17.1 Å². The molecule has 5 nitrogen and oxygen atoms in total. The molecule has 0 unspecified atom stereocenters. The number of fused-ring (bicyclic) bond motifs is 1. The molecule has 0 N–H and O–H groups in total. The fourth-order valence-corrected chi connectivity index (χ4v) is 3.56. The zero-order valence-corrected chi connectivity index (χ0v) is 13.8. The minimum absolute atomic E-state index is 0.236. The third kappa shape index (κ3) is 3.08. The highest BCUT2D eigenvalue weighted by Gasteiger charge is 2.26. The first-order chi connectivity index (χ1) is 10.7. The van der Waals surface area contributed by atoms with Crippen LogP contribution in [0.4, 0.5) is 5.82 Å². The molecule has 5 heteroatoms. The van der Waals surface area contributed by atoms with E-state index in [0.717, 1.165) is 57.0 Å². The van der Waals surface area contributed by atoms with Crippen LogP contribution < -0.4 is 4.90 Å². The fourth-order valence-electron chi connectivity index (χ4n) is 3.56. The van der Waals surface area contributed by atoms with E-state index in [4.69, 9.17) is 4.98 Å². The predicted molar refractivity (Wildman–Crippen MR) is 87.1 cm³/mol. The van der Waals surface area contributed by atoms with Crippen LogP contribution in [0.25, 0.3) is 0 Å². The second kappa shape index (κ2) is 6.63. The topological polar surface area (TPSA) is 49.3 Å². The van der Waals surface area contributed by atoms with E-state index in [1.807, 2.05) is 11.8 Å². The summed E-state index contributed by atoms with van der Waals surface area (Å²) in [6, 6.07) is 0. The maximum absolute atomic E-state index is 12.5. The van der Waals surface area contributed by atoms with Gasteiger partial charge in [-0.3, -0.25) is 4.79 Å². The van der Waals surface area contributed by atoms with Crippen LogP contribution in [0.5, 0.6) is 0 Å². The maximum atomic E-state index is 12.5. The molecule has 0 atom stereocenters. The van der Waals surface area contributed by atoms with Gasteiger partial charge in [-0.1, -0.05) is 6.92 Å². The second-order valence-corrected chi connectivity index (χ2v) is 6.38. The predicted octanol–water partition coefficient (Wildman–Crippen LogP) is 2.11. The summed E-state index contributed by atoms with van der Waals surface area (Å²) >= 11 is 0. The van der Waals surface area contributed by atoms with E-state index in [9.17, 15) is 4.79 Å². The zero-order chi connectivity index (χ0) is 15.5. The molecule has 0 radical (unpaired) electrons. The van der Waals surface area contributed by atoms with Crippen molar-refractivity contribution in [2.24, 2.45) is 0 Å². The number of aryl methyl sites for hydroxylation is 2. The minimum atomic E-state index is 0.236. The van der Waals surface area contributed by atoms with Gasteiger partial charge in [0.2, 0.25) is 5.91 Å². The molecule has 22 heavy (non-hydrogen) atoms. The molecule has 0 spiro atoms. The molecule has 0 bridgehead atoms. The van der Waals surface area contributed by atoms with Crippen molar-refractivity contribution in [1.29, 1.82) is 0 Å². The Bertz CT molecular complexity index is 558. The number of carbonyl (C=O) groups is 1. The van der Waals surface area contributed by atoms with Gasteiger partial charge in [0.15, 0.2) is 0 Å². The molecule has 120 valence electrons. The van der Waals surface area contributed by atoms with Gasteiger partial charge in [0.25, 0.3) is 0 Å². The summed E-state index contributed by atoms with van der Waals surface area (Å²) in [6.45, 7) is 7.20. The van der Waals surface area contributed by atoms with Gasteiger partial charge in [-0.25, -0.2) is 9.97 Å². The minimum Gasteiger partial charge on any atom is -0.347 e. The normalized spacial score (nSPS) is 19.1. The average molecular weight is 302 g/mol. The molecule has 1 amide bonds. The number of hydrogen-bond donors (Lipinski definition) is 0. The number of aromatic nitrogens is 2. The van der Waals surface area contributed by atoms with Crippen molar-refractivity contribution in [3.63, 3.8) is 0 Å². The summed E-state index contributed by atoms with van der Waals surface area (Å²) in [7, 11) is 0. The van der Waals surface area contributed by atoms with Gasteiger partial charge in [-0.15, -0.1) is 0 Å². The number of rotatable bonds is 3. The van der Waals surface area contributed by atoms with Crippen LogP contribution in [0.1, 0.15) is 49.7 Å². The molecule has 1 fully saturated rings. The van der Waals surface area contributed by atoms with Crippen LogP contribution >= 0.6 is 0 Å². The Morgan fingerprint density at radius 3 is 2.73 bits per heavy atom. The summed E-state index contributed by atoms with van der Waals surface area (Å²) in [6.07, 6.45) is 6.56. The molecular formula is C17H26N4O. The molecule has 1 aliphatic heterocycles. The molecule has 2 aliphatic rings. The summed E-state index contributed by atoms with van der Waals surface area (Å²) in [5, 5.41) is 0. The molecule has 3 rings (SSSR count). The van der Waals surface area contributed by atoms with E-state index in [1.54, 1.807) is 0 Å². The summed E-state index contributed by atoms with van der Waals surface area (Å²) in [4.78, 5) is 26.0. The fraction of sp³-hybridized carbons (Fsp3) is 0.706. The highest BCUT2D eigenvalue weighted by atomic mass is 16.2. The van der Waals surface area contributed by atoms with Crippen molar-refractivity contribution in [1.82, 2.24) is 14.9 Å². The van der Waals surface area contributed by atoms with Crippen molar-refractivity contribution >= 4 is 11.7 Å². The number of amides is 1. The van der Waals surface area contributed by atoms with Crippen LogP contribution in [0.15, 0.2) is 0 Å². The number of carbonyl (C=O) groups excluding carboxylic acids is 1. The number of nitrogens with zero attached hydrogens (tertiary/aromatic N) is 4. The highest BCUT2D eigenvalue weighted by Crippen LogP contribution is 2.28. The van der Waals surface area contributed by atoms with Crippen LogP contribution in [0.3, 0.4) is 0 Å². The average Bonchev–Trinajstić information content (AvgIpc) is 2.69. The third-order valence-electron chi connectivity index (χ3n) is 4.60. The van der Waals surface area contributed by atoms with Gasteiger partial charge in [0.05, 0.1) is 6.54 Å². The molecule has 0 saturated carbocycles. The maximum Gasteiger partial charge on any atom is 0.242 e. The Morgan fingerprint density at radius 1 is 1.09 bits per heavy atom. The van der Waals surface area contributed by atoms with Gasteiger partial charge >= 0.3 is 0 Å². The van der Waals surface area contributed by atoms with Crippen molar-refractivity contribution < 1.29 is 4.79 Å². The Balaban J connectivity index is 1.87. The molecule has 1 saturated heterocycles. The van der Waals surface area contributed by atoms with Gasteiger partial charge in [0, 0.05) is 30.9 Å². The van der Waals surface area contributed by atoms with Crippen molar-refractivity contribution in [2.45, 2.75) is 52.4 Å². The molecule has 2 heterocycles. The lowest BCUT2D eigenvalue weighted by atomic mass is 9.96. The molecule has 1 aromatic heterocycles. The van der Waals surface area contributed by atoms with Gasteiger partial charge in [0.1, 0.15) is 11.6 Å². The lowest BCUT2D eigenvalue weighted by Gasteiger charge is -2.27. The standard InChI is InChI=1S/C17H26N4O/c1-3-9-20-10-6-11-21(12-16(20)22)17-14-7-4-5-8-15(14)18-13(2)19-17/h3-12H2,1-2H3. The van der Waals surface area contributed by atoms with E-state index < -0.39 is 0 Å².